The van der Waals surface area contributed by atoms with Gasteiger partial charge < -0.3 is 14.4 Å². The zero-order chi connectivity index (χ0) is 13.9. The number of nitrogens with zero attached hydrogens (tertiary/aromatic N) is 3. The molecule has 112 valence electrons. The van der Waals surface area contributed by atoms with Crippen LogP contribution in [0.15, 0.2) is 6.20 Å². The fraction of sp³-hybridized carbons (Fsp3) is 0.786. The number of hydrogen-bond donors (Lipinski definition) is 0. The van der Waals surface area contributed by atoms with Crippen LogP contribution >= 0.6 is 11.3 Å². The Morgan fingerprint density at radius 1 is 1.25 bits per heavy atom. The van der Waals surface area contributed by atoms with Crippen LogP contribution in [0.25, 0.3) is 0 Å². The first-order chi connectivity index (χ1) is 9.70. The Hall–Kier alpha value is -0.690. The van der Waals surface area contributed by atoms with E-state index in [-0.39, 0.29) is 0 Å². The van der Waals surface area contributed by atoms with Crippen LogP contribution in [-0.2, 0) is 16.0 Å². The number of thiazole rings is 1. The highest BCUT2D eigenvalue weighted by Gasteiger charge is 2.23. The number of rotatable bonds is 3. The van der Waals surface area contributed by atoms with Crippen molar-refractivity contribution in [2.24, 2.45) is 0 Å². The van der Waals surface area contributed by atoms with Gasteiger partial charge in [-0.25, -0.2) is 4.98 Å². The van der Waals surface area contributed by atoms with Crippen LogP contribution in [0.5, 0.6) is 0 Å². The standard InChI is InChI=1S/C14H23N3O2S/c1-11-8-16(9-12(2)19-11)10-13-7-15-14(20-13)17-3-5-18-6-4-17/h7,11-12H,3-6,8-10H2,1-2H3. The maximum atomic E-state index is 5.78. The first kappa shape index (κ1) is 14.3. The molecule has 0 aliphatic carbocycles. The van der Waals surface area contributed by atoms with Crippen LogP contribution in [-0.4, -0.2) is 61.5 Å². The molecule has 20 heavy (non-hydrogen) atoms. The second kappa shape index (κ2) is 6.39. The molecule has 0 bridgehead atoms. The molecule has 1 aromatic heterocycles. The summed E-state index contributed by atoms with van der Waals surface area (Å²) in [4.78, 5) is 10.7. The van der Waals surface area contributed by atoms with Crippen LogP contribution in [0.3, 0.4) is 0 Å². The number of anilines is 1. The summed E-state index contributed by atoms with van der Waals surface area (Å²) in [7, 11) is 0. The summed E-state index contributed by atoms with van der Waals surface area (Å²) in [6.07, 6.45) is 2.68. The fourth-order valence-corrected chi connectivity index (χ4v) is 3.91. The number of aromatic nitrogens is 1. The first-order valence-electron chi connectivity index (χ1n) is 7.36. The van der Waals surface area contributed by atoms with Crippen LogP contribution in [0, 0.1) is 0 Å². The molecule has 0 N–H and O–H groups in total. The lowest BCUT2D eigenvalue weighted by atomic mass is 10.2. The third-order valence-electron chi connectivity index (χ3n) is 3.70. The summed E-state index contributed by atoms with van der Waals surface area (Å²) in [6.45, 7) is 10.8. The van der Waals surface area contributed by atoms with E-state index in [2.05, 4.69) is 28.6 Å². The highest BCUT2D eigenvalue weighted by atomic mass is 32.1. The predicted molar refractivity (Wildman–Crippen MR) is 80.4 cm³/mol. The Morgan fingerprint density at radius 3 is 2.65 bits per heavy atom. The van der Waals surface area contributed by atoms with E-state index in [0.29, 0.717) is 12.2 Å². The Balaban J connectivity index is 1.59. The molecule has 3 heterocycles. The minimum absolute atomic E-state index is 0.324. The molecule has 5 nitrogen and oxygen atoms in total. The molecule has 2 fully saturated rings. The van der Waals surface area contributed by atoms with Gasteiger partial charge in [-0.1, -0.05) is 0 Å². The van der Waals surface area contributed by atoms with Gasteiger partial charge in [-0.05, 0) is 13.8 Å². The summed E-state index contributed by atoms with van der Waals surface area (Å²) in [5, 5.41) is 1.14. The van der Waals surface area contributed by atoms with Crippen molar-refractivity contribution in [3.8, 4) is 0 Å². The van der Waals surface area contributed by atoms with Crippen molar-refractivity contribution >= 4 is 16.5 Å². The van der Waals surface area contributed by atoms with Gasteiger partial charge in [0.2, 0.25) is 0 Å². The van der Waals surface area contributed by atoms with Gasteiger partial charge in [-0.15, -0.1) is 11.3 Å². The zero-order valence-electron chi connectivity index (χ0n) is 12.2. The molecular weight excluding hydrogens is 274 g/mol. The van der Waals surface area contributed by atoms with E-state index in [1.807, 2.05) is 17.5 Å². The van der Waals surface area contributed by atoms with Gasteiger partial charge in [0.05, 0.1) is 25.4 Å². The molecule has 1 aromatic rings. The van der Waals surface area contributed by atoms with Crippen molar-refractivity contribution in [3.05, 3.63) is 11.1 Å². The van der Waals surface area contributed by atoms with E-state index in [1.54, 1.807) is 0 Å². The molecule has 0 amide bonds. The highest BCUT2D eigenvalue weighted by Crippen LogP contribution is 2.25. The van der Waals surface area contributed by atoms with Crippen LogP contribution in [0.4, 0.5) is 5.13 Å². The highest BCUT2D eigenvalue weighted by molar-refractivity contribution is 7.15. The molecule has 3 rings (SSSR count). The average molecular weight is 297 g/mol. The molecule has 2 saturated heterocycles. The quantitative estimate of drug-likeness (QED) is 0.847. The van der Waals surface area contributed by atoms with Crippen LogP contribution in [0.1, 0.15) is 18.7 Å². The number of morpholine rings is 2. The van der Waals surface area contributed by atoms with Gasteiger partial charge in [0.1, 0.15) is 0 Å². The normalized spacial score (nSPS) is 28.8. The zero-order valence-corrected chi connectivity index (χ0v) is 13.1. The molecule has 0 aromatic carbocycles. The summed E-state index contributed by atoms with van der Waals surface area (Å²) in [6, 6.07) is 0. The molecule has 0 radical (unpaired) electrons. The minimum atomic E-state index is 0.324. The van der Waals surface area contributed by atoms with E-state index >= 15 is 0 Å². The summed E-state index contributed by atoms with van der Waals surface area (Å²) < 4.78 is 11.2. The molecule has 0 spiro atoms. The lowest BCUT2D eigenvalue weighted by Crippen LogP contribution is -2.44. The second-order valence-corrected chi connectivity index (χ2v) is 6.75. The summed E-state index contributed by atoms with van der Waals surface area (Å²) in [5.41, 5.74) is 0. The van der Waals surface area contributed by atoms with Gasteiger partial charge in [0.25, 0.3) is 0 Å². The molecule has 2 unspecified atom stereocenters. The van der Waals surface area contributed by atoms with E-state index in [1.165, 1.54) is 4.88 Å². The van der Waals surface area contributed by atoms with Crippen molar-refractivity contribution in [2.75, 3.05) is 44.3 Å². The van der Waals surface area contributed by atoms with E-state index in [9.17, 15) is 0 Å². The maximum absolute atomic E-state index is 5.78. The van der Waals surface area contributed by atoms with Crippen molar-refractivity contribution in [3.63, 3.8) is 0 Å². The lowest BCUT2D eigenvalue weighted by Gasteiger charge is -2.34. The predicted octanol–water partition coefficient (Wildman–Crippen LogP) is 1.59. The molecule has 2 aliphatic heterocycles. The number of ether oxygens (including phenoxy) is 2. The van der Waals surface area contributed by atoms with Crippen molar-refractivity contribution in [1.82, 2.24) is 9.88 Å². The smallest absolute Gasteiger partial charge is 0.185 e. The topological polar surface area (TPSA) is 37.8 Å². The van der Waals surface area contributed by atoms with Crippen LogP contribution in [0.2, 0.25) is 0 Å². The van der Waals surface area contributed by atoms with Crippen molar-refractivity contribution in [1.29, 1.82) is 0 Å². The molecule has 6 heteroatoms. The molecule has 2 aliphatic rings. The first-order valence-corrected chi connectivity index (χ1v) is 8.17. The van der Waals surface area contributed by atoms with Gasteiger partial charge >= 0.3 is 0 Å². The summed E-state index contributed by atoms with van der Waals surface area (Å²) >= 11 is 1.81. The Labute approximate surface area is 124 Å². The van der Waals surface area contributed by atoms with Gasteiger partial charge in [0.15, 0.2) is 5.13 Å². The Morgan fingerprint density at radius 2 is 1.95 bits per heavy atom. The SMILES string of the molecule is CC1CN(Cc2cnc(N3CCOCC3)s2)CC(C)O1. The maximum Gasteiger partial charge on any atom is 0.185 e. The largest absolute Gasteiger partial charge is 0.378 e. The van der Waals surface area contributed by atoms with E-state index < -0.39 is 0 Å². The third kappa shape index (κ3) is 3.49. The van der Waals surface area contributed by atoms with E-state index in [0.717, 1.165) is 51.1 Å². The fourth-order valence-electron chi connectivity index (χ4n) is 2.90. The lowest BCUT2D eigenvalue weighted by molar-refractivity contribution is -0.0702. The molecule has 0 saturated carbocycles. The van der Waals surface area contributed by atoms with Gasteiger partial charge in [-0.2, -0.15) is 0 Å². The van der Waals surface area contributed by atoms with Crippen LogP contribution < -0.4 is 4.90 Å². The van der Waals surface area contributed by atoms with Gasteiger partial charge in [0, 0.05) is 43.8 Å². The minimum Gasteiger partial charge on any atom is -0.378 e. The average Bonchev–Trinajstić information content (AvgIpc) is 2.87. The summed E-state index contributed by atoms with van der Waals surface area (Å²) in [5.74, 6) is 0. The Kier molecular flexibility index (Phi) is 4.55. The second-order valence-electron chi connectivity index (χ2n) is 5.66. The van der Waals surface area contributed by atoms with Crippen molar-refractivity contribution in [2.45, 2.75) is 32.6 Å². The molecular formula is C14H23N3O2S. The van der Waals surface area contributed by atoms with E-state index in [4.69, 9.17) is 9.47 Å². The number of hydrogen-bond acceptors (Lipinski definition) is 6. The van der Waals surface area contributed by atoms with Crippen molar-refractivity contribution < 1.29 is 9.47 Å². The third-order valence-corrected chi connectivity index (χ3v) is 4.74. The Bertz CT molecular complexity index is 424. The van der Waals surface area contributed by atoms with Gasteiger partial charge in [-0.3, -0.25) is 4.90 Å². The molecule has 2 atom stereocenters. The monoisotopic (exact) mass is 297 g/mol.